The Labute approximate surface area is 250 Å². The van der Waals surface area contributed by atoms with Gasteiger partial charge in [0.25, 0.3) is 0 Å². The second-order valence-electron chi connectivity index (χ2n) is 12.8. The second kappa shape index (κ2) is 12.4. The summed E-state index contributed by atoms with van der Waals surface area (Å²) in [5.41, 5.74) is 0.799. The fourth-order valence-corrected chi connectivity index (χ4v) is 5.92. The molecular formula is C30H42FN3O9. The van der Waals surface area contributed by atoms with Gasteiger partial charge in [0.05, 0.1) is 25.5 Å². The van der Waals surface area contributed by atoms with Crippen LogP contribution in [-0.4, -0.2) is 76.6 Å². The summed E-state index contributed by atoms with van der Waals surface area (Å²) in [5.74, 6) is -1.78. The number of halogens is 1. The van der Waals surface area contributed by atoms with Crippen molar-refractivity contribution in [2.75, 3.05) is 20.0 Å². The van der Waals surface area contributed by atoms with Crippen LogP contribution in [-0.2, 0) is 56.1 Å². The van der Waals surface area contributed by atoms with Crippen LogP contribution in [0.3, 0.4) is 0 Å². The number of hydrogen-bond donors (Lipinski definition) is 0. The minimum absolute atomic E-state index is 0.186. The standard InChI is InChI=1S/C30H42FN3O9/c1-19(6-11-24-28(2,3)43-41-27(40-24)20-7-9-21(31)10-8-20)12-13-34-14-22(32-33-34)15-35-26-25-23(36-18-37-25)16-38-30(26)17-39-29(4,5)42-30/h7-10,14,19,23-27H,6,11-13,15-18H2,1-5H3/t19?,23-,24?,25-,26?,27?,30+/m0/s1. The molecule has 0 N–H and O–H groups in total. The SMILES string of the molecule is CC(CCC1OC(c2ccc(F)cc2)OOC1(C)C)CCn1cc(COC2[C@H]3OCO[C@H]3CO[C@@]23COC(C)(C)O3)nn1. The van der Waals surface area contributed by atoms with Gasteiger partial charge in [0.1, 0.15) is 48.8 Å². The van der Waals surface area contributed by atoms with Crippen molar-refractivity contribution in [1.82, 2.24) is 15.0 Å². The molecule has 4 aliphatic heterocycles. The number of rotatable bonds is 10. The third-order valence-corrected chi connectivity index (χ3v) is 8.50. The van der Waals surface area contributed by atoms with Gasteiger partial charge in [0, 0.05) is 12.1 Å². The molecule has 4 saturated heterocycles. The van der Waals surface area contributed by atoms with Crippen LogP contribution in [0.15, 0.2) is 30.5 Å². The van der Waals surface area contributed by atoms with Crippen molar-refractivity contribution in [3.8, 4) is 0 Å². The third-order valence-electron chi connectivity index (χ3n) is 8.50. The highest BCUT2D eigenvalue weighted by Crippen LogP contribution is 2.43. The zero-order valence-corrected chi connectivity index (χ0v) is 25.4. The molecule has 43 heavy (non-hydrogen) atoms. The van der Waals surface area contributed by atoms with Gasteiger partial charge in [-0.15, -0.1) is 5.10 Å². The molecule has 238 valence electrons. The fraction of sp³-hybridized carbons (Fsp3) is 0.733. The summed E-state index contributed by atoms with van der Waals surface area (Å²) in [6.07, 6.45) is 2.52. The van der Waals surface area contributed by atoms with Crippen molar-refractivity contribution in [1.29, 1.82) is 0 Å². The molecule has 0 amide bonds. The first-order chi connectivity index (χ1) is 20.5. The van der Waals surface area contributed by atoms with Crippen LogP contribution in [0.4, 0.5) is 4.39 Å². The molecule has 2 aromatic rings. The van der Waals surface area contributed by atoms with Gasteiger partial charge >= 0.3 is 0 Å². The molecule has 4 aliphatic rings. The lowest BCUT2D eigenvalue weighted by atomic mass is 9.92. The molecule has 13 heteroatoms. The smallest absolute Gasteiger partial charge is 0.224 e. The first kappa shape index (κ1) is 30.9. The number of benzene rings is 1. The monoisotopic (exact) mass is 607 g/mol. The zero-order chi connectivity index (χ0) is 30.2. The normalized spacial score (nSPS) is 34.0. The Morgan fingerprint density at radius 2 is 1.91 bits per heavy atom. The van der Waals surface area contributed by atoms with Gasteiger partial charge in [-0.05, 0) is 65.0 Å². The van der Waals surface area contributed by atoms with Crippen LogP contribution in [0.5, 0.6) is 0 Å². The summed E-state index contributed by atoms with van der Waals surface area (Å²) < 4.78 is 57.4. The van der Waals surface area contributed by atoms with Gasteiger partial charge < -0.3 is 33.2 Å². The Bertz CT molecular complexity index is 1230. The van der Waals surface area contributed by atoms with Crippen LogP contribution < -0.4 is 0 Å². The average Bonchev–Trinajstić information content (AvgIpc) is 3.70. The van der Waals surface area contributed by atoms with E-state index in [1.165, 1.54) is 12.1 Å². The lowest BCUT2D eigenvalue weighted by molar-refractivity contribution is -0.487. The van der Waals surface area contributed by atoms with Crippen LogP contribution in [0.1, 0.15) is 71.4 Å². The third kappa shape index (κ3) is 6.95. The van der Waals surface area contributed by atoms with E-state index in [1.54, 1.807) is 12.1 Å². The fourth-order valence-electron chi connectivity index (χ4n) is 5.92. The largest absolute Gasteiger partial charge is 0.363 e. The topological polar surface area (TPSA) is 114 Å². The van der Waals surface area contributed by atoms with Crippen LogP contribution in [0.25, 0.3) is 0 Å². The van der Waals surface area contributed by atoms with E-state index < -0.39 is 29.6 Å². The maximum Gasteiger partial charge on any atom is 0.224 e. The van der Waals surface area contributed by atoms with Crippen LogP contribution >= 0.6 is 0 Å². The van der Waals surface area contributed by atoms with Gasteiger partial charge in [0.2, 0.25) is 12.1 Å². The van der Waals surface area contributed by atoms with Gasteiger partial charge in [0.15, 0.2) is 5.79 Å². The van der Waals surface area contributed by atoms with Gasteiger partial charge in [-0.2, -0.15) is 4.89 Å². The molecule has 0 radical (unpaired) electrons. The number of aryl methyl sites for hydroxylation is 1. The maximum atomic E-state index is 13.3. The van der Waals surface area contributed by atoms with Crippen molar-refractivity contribution in [2.24, 2.45) is 5.92 Å². The lowest BCUT2D eigenvalue weighted by Crippen LogP contribution is -2.62. The van der Waals surface area contributed by atoms with E-state index in [-0.39, 0.29) is 44.1 Å². The van der Waals surface area contributed by atoms with Gasteiger partial charge in [-0.25, -0.2) is 9.28 Å². The van der Waals surface area contributed by atoms with E-state index in [4.69, 9.17) is 42.9 Å². The Hall–Kier alpha value is -2.07. The zero-order valence-electron chi connectivity index (χ0n) is 25.4. The molecule has 12 nitrogen and oxygen atoms in total. The van der Waals surface area contributed by atoms with Crippen LogP contribution in [0, 0.1) is 11.7 Å². The molecule has 6 rings (SSSR count). The molecule has 7 atom stereocenters. The molecule has 4 unspecified atom stereocenters. The first-order valence-electron chi connectivity index (χ1n) is 15.0. The summed E-state index contributed by atoms with van der Waals surface area (Å²) >= 11 is 0. The summed E-state index contributed by atoms with van der Waals surface area (Å²) in [4.78, 5) is 11.2. The van der Waals surface area contributed by atoms with E-state index in [0.29, 0.717) is 30.3 Å². The highest BCUT2D eigenvalue weighted by molar-refractivity contribution is 5.17. The van der Waals surface area contributed by atoms with Crippen molar-refractivity contribution >= 4 is 0 Å². The van der Waals surface area contributed by atoms with Crippen molar-refractivity contribution in [3.63, 3.8) is 0 Å². The molecule has 0 bridgehead atoms. The quantitative estimate of drug-likeness (QED) is 0.363. The Morgan fingerprint density at radius 1 is 1.09 bits per heavy atom. The Kier molecular flexibility index (Phi) is 8.90. The average molecular weight is 608 g/mol. The number of hydrogen-bond acceptors (Lipinski definition) is 11. The van der Waals surface area contributed by atoms with Crippen molar-refractivity contribution in [3.05, 3.63) is 47.5 Å². The minimum Gasteiger partial charge on any atom is -0.363 e. The molecule has 5 heterocycles. The Balaban J connectivity index is 0.985. The number of ether oxygens (including phenoxy) is 7. The lowest BCUT2D eigenvalue weighted by Gasteiger charge is -2.43. The summed E-state index contributed by atoms with van der Waals surface area (Å²) in [7, 11) is 0. The van der Waals surface area contributed by atoms with E-state index in [9.17, 15) is 4.39 Å². The van der Waals surface area contributed by atoms with E-state index in [0.717, 1.165) is 19.3 Å². The van der Waals surface area contributed by atoms with Crippen molar-refractivity contribution in [2.45, 2.75) is 115 Å². The minimum atomic E-state index is -1.07. The van der Waals surface area contributed by atoms with E-state index >= 15 is 0 Å². The predicted octanol–water partition coefficient (Wildman–Crippen LogP) is 4.18. The maximum absolute atomic E-state index is 13.3. The highest BCUT2D eigenvalue weighted by atomic mass is 19.1. The molecular weight excluding hydrogens is 565 g/mol. The molecule has 0 aliphatic carbocycles. The summed E-state index contributed by atoms with van der Waals surface area (Å²) in [6.45, 7) is 11.5. The molecule has 1 aromatic carbocycles. The molecule has 1 spiro atoms. The molecule has 4 fully saturated rings. The first-order valence-corrected chi connectivity index (χ1v) is 15.0. The second-order valence-corrected chi connectivity index (χ2v) is 12.8. The summed E-state index contributed by atoms with van der Waals surface area (Å²) in [6, 6.07) is 6.06. The summed E-state index contributed by atoms with van der Waals surface area (Å²) in [5, 5.41) is 8.63. The number of fused-ring (bicyclic) bond motifs is 1. The van der Waals surface area contributed by atoms with Gasteiger partial charge in [-0.3, -0.25) is 4.68 Å². The van der Waals surface area contributed by atoms with Crippen molar-refractivity contribution < 1.29 is 47.3 Å². The Morgan fingerprint density at radius 3 is 2.67 bits per heavy atom. The molecule has 0 saturated carbocycles. The highest BCUT2D eigenvalue weighted by Gasteiger charge is 2.61. The van der Waals surface area contributed by atoms with Crippen LogP contribution in [0.2, 0.25) is 0 Å². The number of aromatic nitrogens is 3. The van der Waals surface area contributed by atoms with Gasteiger partial charge in [-0.1, -0.05) is 24.3 Å². The predicted molar refractivity (Wildman–Crippen MR) is 146 cm³/mol. The van der Waals surface area contributed by atoms with E-state index in [1.807, 2.05) is 38.6 Å². The molecule has 1 aromatic heterocycles. The van der Waals surface area contributed by atoms with E-state index in [2.05, 4.69) is 17.2 Å². The number of nitrogens with zero attached hydrogens (tertiary/aromatic N) is 3.